The molecule has 1 amide bonds. The lowest BCUT2D eigenvalue weighted by Gasteiger charge is -2.10. The van der Waals surface area contributed by atoms with Crippen LogP contribution >= 0.6 is 11.8 Å². The molecule has 1 aromatic heterocycles. The van der Waals surface area contributed by atoms with E-state index in [2.05, 4.69) is 31.1 Å². The Bertz CT molecular complexity index is 596. The number of hydroxylamine groups is 1. The molecule has 0 aliphatic heterocycles. The Morgan fingerprint density at radius 3 is 2.90 bits per heavy atom. The Kier molecular flexibility index (Phi) is 4.81. The molecule has 0 fully saturated rings. The SMILES string of the molecule is CC(C)c1ccccc1SCc1cc(C(=O)NO)no1. The van der Waals surface area contributed by atoms with E-state index in [1.54, 1.807) is 11.8 Å². The molecule has 6 heteroatoms. The number of nitrogens with zero attached hydrogens (tertiary/aromatic N) is 1. The molecular formula is C14H16N2O3S. The molecule has 2 aromatic rings. The van der Waals surface area contributed by atoms with Crippen molar-refractivity contribution in [3.8, 4) is 0 Å². The predicted octanol–water partition coefficient (Wildman–Crippen LogP) is 3.21. The molecule has 5 nitrogen and oxygen atoms in total. The van der Waals surface area contributed by atoms with Crippen molar-refractivity contribution in [3.63, 3.8) is 0 Å². The van der Waals surface area contributed by atoms with Crippen LogP contribution in [0, 0.1) is 0 Å². The lowest BCUT2D eigenvalue weighted by molar-refractivity contribution is 0.0696. The van der Waals surface area contributed by atoms with Crippen molar-refractivity contribution in [2.24, 2.45) is 0 Å². The average molecular weight is 292 g/mol. The Balaban J connectivity index is 2.06. The Morgan fingerprint density at radius 2 is 2.20 bits per heavy atom. The zero-order chi connectivity index (χ0) is 14.5. The van der Waals surface area contributed by atoms with Gasteiger partial charge in [0.15, 0.2) is 5.69 Å². The van der Waals surface area contributed by atoms with E-state index >= 15 is 0 Å². The van der Waals surface area contributed by atoms with Crippen LogP contribution < -0.4 is 5.48 Å². The number of nitrogens with one attached hydrogen (secondary N) is 1. The van der Waals surface area contributed by atoms with E-state index in [4.69, 9.17) is 9.73 Å². The molecule has 2 N–H and O–H groups in total. The van der Waals surface area contributed by atoms with Crippen LogP contribution in [0.2, 0.25) is 0 Å². The summed E-state index contributed by atoms with van der Waals surface area (Å²) >= 11 is 1.63. The third-order valence-corrected chi connectivity index (χ3v) is 3.92. The number of carbonyl (C=O) groups excluding carboxylic acids is 1. The fraction of sp³-hybridized carbons (Fsp3) is 0.286. The summed E-state index contributed by atoms with van der Waals surface area (Å²) in [5.41, 5.74) is 2.88. The van der Waals surface area contributed by atoms with Crippen molar-refractivity contribution in [3.05, 3.63) is 47.3 Å². The zero-order valence-corrected chi connectivity index (χ0v) is 12.1. The fourth-order valence-electron chi connectivity index (χ4n) is 1.78. The zero-order valence-electron chi connectivity index (χ0n) is 11.3. The van der Waals surface area contributed by atoms with Gasteiger partial charge < -0.3 is 4.52 Å². The van der Waals surface area contributed by atoms with Gasteiger partial charge in [0.2, 0.25) is 0 Å². The van der Waals surface area contributed by atoms with Crippen molar-refractivity contribution < 1.29 is 14.5 Å². The second-order valence-electron chi connectivity index (χ2n) is 4.60. The third-order valence-electron chi connectivity index (χ3n) is 2.80. The van der Waals surface area contributed by atoms with Crippen molar-refractivity contribution in [2.75, 3.05) is 0 Å². The molecule has 0 unspecified atom stereocenters. The quantitative estimate of drug-likeness (QED) is 0.503. The van der Waals surface area contributed by atoms with Crippen LogP contribution in [-0.2, 0) is 5.75 Å². The molecule has 0 radical (unpaired) electrons. The minimum atomic E-state index is -0.674. The number of amides is 1. The van der Waals surface area contributed by atoms with Gasteiger partial charge in [0.1, 0.15) is 5.76 Å². The number of benzene rings is 1. The van der Waals surface area contributed by atoms with Crippen molar-refractivity contribution in [1.29, 1.82) is 0 Å². The first-order valence-corrected chi connectivity index (χ1v) is 7.22. The standard InChI is InChI=1S/C14H16N2O3S/c1-9(2)11-5-3-4-6-13(11)20-8-10-7-12(16-19-10)14(17)15-18/h3-7,9,18H,8H2,1-2H3,(H,15,17). The van der Waals surface area contributed by atoms with Gasteiger partial charge in [-0.1, -0.05) is 37.2 Å². The van der Waals surface area contributed by atoms with E-state index in [0.717, 1.165) is 0 Å². The Hall–Kier alpha value is -1.79. The van der Waals surface area contributed by atoms with Gasteiger partial charge in [0.05, 0.1) is 5.75 Å². The molecule has 1 heterocycles. The van der Waals surface area contributed by atoms with Gasteiger partial charge in [-0.3, -0.25) is 10.0 Å². The highest BCUT2D eigenvalue weighted by Crippen LogP contribution is 2.30. The molecule has 1 aromatic carbocycles. The predicted molar refractivity (Wildman–Crippen MR) is 75.8 cm³/mol. The molecule has 0 spiro atoms. The third kappa shape index (κ3) is 3.40. The minimum Gasteiger partial charge on any atom is -0.360 e. The Morgan fingerprint density at radius 1 is 1.45 bits per heavy atom. The van der Waals surface area contributed by atoms with Crippen LogP contribution in [0.3, 0.4) is 0 Å². The van der Waals surface area contributed by atoms with Gasteiger partial charge in [0.25, 0.3) is 5.91 Å². The van der Waals surface area contributed by atoms with Gasteiger partial charge in [-0.05, 0) is 17.5 Å². The number of hydrogen-bond acceptors (Lipinski definition) is 5. The summed E-state index contributed by atoms with van der Waals surface area (Å²) in [4.78, 5) is 12.3. The topological polar surface area (TPSA) is 75.4 Å². The van der Waals surface area contributed by atoms with Crippen molar-refractivity contribution >= 4 is 17.7 Å². The molecule has 0 saturated carbocycles. The van der Waals surface area contributed by atoms with E-state index in [1.807, 2.05) is 12.1 Å². The first-order valence-electron chi connectivity index (χ1n) is 6.23. The summed E-state index contributed by atoms with van der Waals surface area (Å²) in [7, 11) is 0. The van der Waals surface area contributed by atoms with E-state index in [-0.39, 0.29) is 5.69 Å². The lowest BCUT2D eigenvalue weighted by Crippen LogP contribution is -2.18. The Labute approximate surface area is 121 Å². The van der Waals surface area contributed by atoms with Crippen LogP contribution in [-0.4, -0.2) is 16.3 Å². The second-order valence-corrected chi connectivity index (χ2v) is 5.62. The van der Waals surface area contributed by atoms with Gasteiger partial charge in [-0.15, -0.1) is 11.8 Å². The average Bonchev–Trinajstić information content (AvgIpc) is 2.93. The van der Waals surface area contributed by atoms with Crippen LogP contribution in [0.15, 0.2) is 39.8 Å². The van der Waals surface area contributed by atoms with Gasteiger partial charge >= 0.3 is 0 Å². The van der Waals surface area contributed by atoms with E-state index in [9.17, 15) is 4.79 Å². The molecule has 0 atom stereocenters. The monoisotopic (exact) mass is 292 g/mol. The molecule has 106 valence electrons. The van der Waals surface area contributed by atoms with Crippen LogP contribution in [0.4, 0.5) is 0 Å². The van der Waals surface area contributed by atoms with E-state index in [0.29, 0.717) is 17.4 Å². The lowest BCUT2D eigenvalue weighted by atomic mass is 10.0. The van der Waals surface area contributed by atoms with Gasteiger partial charge in [-0.25, -0.2) is 5.48 Å². The highest BCUT2D eigenvalue weighted by Gasteiger charge is 2.13. The molecule has 0 saturated heterocycles. The van der Waals surface area contributed by atoms with Crippen LogP contribution in [0.1, 0.15) is 41.6 Å². The second kappa shape index (κ2) is 6.58. The maximum Gasteiger partial charge on any atom is 0.296 e. The maximum absolute atomic E-state index is 11.2. The van der Waals surface area contributed by atoms with E-state index in [1.165, 1.54) is 22.0 Å². The summed E-state index contributed by atoms with van der Waals surface area (Å²) < 4.78 is 5.07. The normalized spacial score (nSPS) is 10.8. The number of hydrogen-bond donors (Lipinski definition) is 2. The highest BCUT2D eigenvalue weighted by molar-refractivity contribution is 7.98. The van der Waals surface area contributed by atoms with Gasteiger partial charge in [0, 0.05) is 11.0 Å². The smallest absolute Gasteiger partial charge is 0.296 e. The fourth-order valence-corrected chi connectivity index (χ4v) is 2.86. The summed E-state index contributed by atoms with van der Waals surface area (Å²) in [6.07, 6.45) is 0. The first kappa shape index (κ1) is 14.6. The number of carbonyl (C=O) groups is 1. The highest BCUT2D eigenvalue weighted by atomic mass is 32.2. The van der Waals surface area contributed by atoms with E-state index < -0.39 is 5.91 Å². The maximum atomic E-state index is 11.2. The van der Waals surface area contributed by atoms with Crippen molar-refractivity contribution in [2.45, 2.75) is 30.4 Å². The largest absolute Gasteiger partial charge is 0.360 e. The van der Waals surface area contributed by atoms with Crippen molar-refractivity contribution in [1.82, 2.24) is 10.6 Å². The summed E-state index contributed by atoms with van der Waals surface area (Å²) in [6.45, 7) is 4.30. The molecule has 2 rings (SSSR count). The number of aromatic nitrogens is 1. The number of thioether (sulfide) groups is 1. The molecule has 0 bridgehead atoms. The molecule has 0 aliphatic rings. The van der Waals surface area contributed by atoms with Gasteiger partial charge in [-0.2, -0.15) is 0 Å². The first-order chi connectivity index (χ1) is 9.61. The summed E-state index contributed by atoms with van der Waals surface area (Å²) in [6, 6.07) is 9.73. The summed E-state index contributed by atoms with van der Waals surface area (Å²) in [5, 5.41) is 12.1. The number of rotatable bonds is 5. The molecular weight excluding hydrogens is 276 g/mol. The minimum absolute atomic E-state index is 0.0697. The summed E-state index contributed by atoms with van der Waals surface area (Å²) in [5.74, 6) is 0.944. The molecule has 20 heavy (non-hydrogen) atoms. The van der Waals surface area contributed by atoms with Crippen LogP contribution in [0.25, 0.3) is 0 Å². The van der Waals surface area contributed by atoms with Crippen LogP contribution in [0.5, 0.6) is 0 Å². The molecule has 0 aliphatic carbocycles.